The third-order valence-electron chi connectivity index (χ3n) is 2.14. The molecule has 0 bridgehead atoms. The molecule has 11 heavy (non-hydrogen) atoms. The molecule has 0 radical (unpaired) electrons. The van der Waals surface area contributed by atoms with E-state index in [1.54, 1.807) is 0 Å². The molecule has 4 nitrogen and oxygen atoms in total. The van der Waals surface area contributed by atoms with Crippen LogP contribution >= 0.6 is 0 Å². The van der Waals surface area contributed by atoms with Crippen LogP contribution in [0.15, 0.2) is 0 Å². The molecule has 0 aromatic carbocycles. The van der Waals surface area contributed by atoms with Gasteiger partial charge in [0.2, 0.25) is 0 Å². The zero-order chi connectivity index (χ0) is 8.48. The molecule has 2 atom stereocenters. The topological polar surface area (TPSA) is 86.2 Å². The van der Waals surface area contributed by atoms with Crippen molar-refractivity contribution >= 4 is 9.84 Å². The molecule has 1 aliphatic heterocycles. The Morgan fingerprint density at radius 2 is 2.09 bits per heavy atom. The van der Waals surface area contributed by atoms with E-state index in [2.05, 4.69) is 0 Å². The van der Waals surface area contributed by atoms with Gasteiger partial charge in [0, 0.05) is 12.0 Å². The second-order valence-electron chi connectivity index (χ2n) is 3.06. The lowest BCUT2D eigenvalue weighted by molar-refractivity contribution is 0.429. The summed E-state index contributed by atoms with van der Waals surface area (Å²) in [5, 5.41) is 0. The lowest BCUT2D eigenvalue weighted by atomic mass is 10.0. The molecule has 0 saturated carbocycles. The molecule has 0 aromatic rings. The summed E-state index contributed by atoms with van der Waals surface area (Å²) < 4.78 is 22.1. The fourth-order valence-corrected chi connectivity index (χ4v) is 3.16. The highest BCUT2D eigenvalue weighted by atomic mass is 32.2. The minimum Gasteiger partial charge on any atom is -0.330 e. The number of rotatable bonds is 1. The van der Waals surface area contributed by atoms with Crippen LogP contribution < -0.4 is 11.5 Å². The summed E-state index contributed by atoms with van der Waals surface area (Å²) in [4.78, 5) is 0. The Balaban J connectivity index is 2.66. The van der Waals surface area contributed by atoms with Crippen LogP contribution in [0.3, 0.4) is 0 Å². The summed E-state index contributed by atoms with van der Waals surface area (Å²) >= 11 is 0. The van der Waals surface area contributed by atoms with Gasteiger partial charge in [-0.05, 0) is 13.0 Å². The first-order valence-electron chi connectivity index (χ1n) is 3.71. The Labute approximate surface area is 66.9 Å². The van der Waals surface area contributed by atoms with Crippen LogP contribution in [-0.2, 0) is 9.84 Å². The first-order chi connectivity index (χ1) is 5.05. The van der Waals surface area contributed by atoms with Crippen LogP contribution in [0.1, 0.15) is 6.42 Å². The smallest absolute Gasteiger partial charge is 0.150 e. The zero-order valence-corrected chi connectivity index (χ0v) is 7.18. The number of nitrogens with two attached hydrogens (primary N) is 2. The maximum Gasteiger partial charge on any atom is 0.150 e. The molecule has 66 valence electrons. The van der Waals surface area contributed by atoms with E-state index in [9.17, 15) is 8.42 Å². The molecule has 5 heteroatoms. The number of hydrogen-bond donors (Lipinski definition) is 2. The van der Waals surface area contributed by atoms with Gasteiger partial charge in [-0.1, -0.05) is 0 Å². The van der Waals surface area contributed by atoms with Crippen molar-refractivity contribution < 1.29 is 8.42 Å². The van der Waals surface area contributed by atoms with Crippen LogP contribution in [0.2, 0.25) is 0 Å². The van der Waals surface area contributed by atoms with E-state index in [1.165, 1.54) is 0 Å². The summed E-state index contributed by atoms with van der Waals surface area (Å²) in [6.45, 7) is 0.375. The predicted octanol–water partition coefficient (Wildman–Crippen LogP) is -1.29. The van der Waals surface area contributed by atoms with Gasteiger partial charge in [-0.3, -0.25) is 0 Å². The Bertz CT molecular complexity index is 225. The molecule has 1 heterocycles. The average Bonchev–Trinajstić information content (AvgIpc) is 1.94. The van der Waals surface area contributed by atoms with Crippen molar-refractivity contribution in [1.29, 1.82) is 0 Å². The molecule has 4 N–H and O–H groups in total. The highest BCUT2D eigenvalue weighted by Crippen LogP contribution is 2.15. The first kappa shape index (κ1) is 8.96. The standard InChI is InChI=1S/C6H14N2O2S/c7-3-5-4-11(9,10)2-1-6(5)8/h5-6H,1-4,7-8H2/t5-,6+/m1/s1. The van der Waals surface area contributed by atoms with Gasteiger partial charge in [-0.25, -0.2) is 8.42 Å². The van der Waals surface area contributed by atoms with Gasteiger partial charge >= 0.3 is 0 Å². The van der Waals surface area contributed by atoms with Crippen molar-refractivity contribution in [3.63, 3.8) is 0 Å². The normalized spacial score (nSPS) is 36.9. The largest absolute Gasteiger partial charge is 0.330 e. The fourth-order valence-electron chi connectivity index (χ4n) is 1.33. The molecule has 1 aliphatic rings. The highest BCUT2D eigenvalue weighted by Gasteiger charge is 2.29. The van der Waals surface area contributed by atoms with Crippen molar-refractivity contribution in [3.8, 4) is 0 Å². The summed E-state index contributed by atoms with van der Waals surface area (Å²) in [6, 6.07) is -0.0245. The highest BCUT2D eigenvalue weighted by molar-refractivity contribution is 7.91. The van der Waals surface area contributed by atoms with E-state index in [0.717, 1.165) is 0 Å². The Morgan fingerprint density at radius 3 is 2.55 bits per heavy atom. The third kappa shape index (κ3) is 2.15. The summed E-state index contributed by atoms with van der Waals surface area (Å²) in [6.07, 6.45) is 0.560. The van der Waals surface area contributed by atoms with E-state index >= 15 is 0 Å². The Hall–Kier alpha value is -0.130. The van der Waals surface area contributed by atoms with E-state index in [-0.39, 0.29) is 23.5 Å². The monoisotopic (exact) mass is 178 g/mol. The molecule has 1 rings (SSSR count). The molecule has 0 aliphatic carbocycles. The third-order valence-corrected chi connectivity index (χ3v) is 3.93. The van der Waals surface area contributed by atoms with Gasteiger partial charge in [0.05, 0.1) is 11.5 Å². The van der Waals surface area contributed by atoms with E-state index < -0.39 is 9.84 Å². The van der Waals surface area contributed by atoms with Gasteiger partial charge in [0.15, 0.2) is 9.84 Å². The predicted molar refractivity (Wildman–Crippen MR) is 43.8 cm³/mol. The van der Waals surface area contributed by atoms with Crippen LogP contribution in [-0.4, -0.2) is 32.5 Å². The van der Waals surface area contributed by atoms with Gasteiger partial charge in [0.1, 0.15) is 0 Å². The average molecular weight is 178 g/mol. The van der Waals surface area contributed by atoms with Gasteiger partial charge in [0.25, 0.3) is 0 Å². The van der Waals surface area contributed by atoms with Crippen molar-refractivity contribution in [2.24, 2.45) is 17.4 Å². The molecular weight excluding hydrogens is 164 g/mol. The maximum atomic E-state index is 11.1. The molecule has 0 aromatic heterocycles. The van der Waals surface area contributed by atoms with Crippen molar-refractivity contribution in [1.82, 2.24) is 0 Å². The van der Waals surface area contributed by atoms with E-state index in [4.69, 9.17) is 11.5 Å². The first-order valence-corrected chi connectivity index (χ1v) is 5.53. The van der Waals surface area contributed by atoms with E-state index in [0.29, 0.717) is 13.0 Å². The van der Waals surface area contributed by atoms with Gasteiger partial charge < -0.3 is 11.5 Å². The lowest BCUT2D eigenvalue weighted by Gasteiger charge is -2.26. The lowest BCUT2D eigenvalue weighted by Crippen LogP contribution is -2.45. The molecule has 1 fully saturated rings. The Morgan fingerprint density at radius 1 is 1.45 bits per heavy atom. The maximum absolute atomic E-state index is 11.1. The molecule has 0 unspecified atom stereocenters. The quantitative estimate of drug-likeness (QED) is 0.523. The fraction of sp³-hybridized carbons (Fsp3) is 1.00. The van der Waals surface area contributed by atoms with Crippen molar-refractivity contribution in [3.05, 3.63) is 0 Å². The Kier molecular flexibility index (Phi) is 2.51. The second-order valence-corrected chi connectivity index (χ2v) is 5.29. The summed E-state index contributed by atoms with van der Waals surface area (Å²) in [5.41, 5.74) is 11.0. The molecule has 0 spiro atoms. The van der Waals surface area contributed by atoms with Crippen LogP contribution in [0.4, 0.5) is 0 Å². The van der Waals surface area contributed by atoms with Crippen LogP contribution in [0.25, 0.3) is 0 Å². The molecular formula is C6H14N2O2S. The van der Waals surface area contributed by atoms with Gasteiger partial charge in [-0.2, -0.15) is 0 Å². The molecule has 1 saturated heterocycles. The number of hydrogen-bond acceptors (Lipinski definition) is 4. The van der Waals surface area contributed by atoms with Crippen molar-refractivity contribution in [2.75, 3.05) is 18.1 Å². The van der Waals surface area contributed by atoms with Crippen molar-refractivity contribution in [2.45, 2.75) is 12.5 Å². The van der Waals surface area contributed by atoms with Crippen LogP contribution in [0.5, 0.6) is 0 Å². The van der Waals surface area contributed by atoms with E-state index in [1.807, 2.05) is 0 Å². The summed E-state index contributed by atoms with van der Waals surface area (Å²) in [5.74, 6) is 0.365. The minimum atomic E-state index is -2.84. The minimum absolute atomic E-state index is 0.0245. The number of sulfone groups is 1. The van der Waals surface area contributed by atoms with Crippen LogP contribution in [0, 0.1) is 5.92 Å². The molecule has 0 amide bonds. The van der Waals surface area contributed by atoms with Gasteiger partial charge in [-0.15, -0.1) is 0 Å². The summed E-state index contributed by atoms with van der Waals surface area (Å²) in [7, 11) is -2.84. The SMILES string of the molecule is NC[C@@H]1CS(=O)(=O)CC[C@@H]1N. The zero-order valence-electron chi connectivity index (χ0n) is 6.36. The second kappa shape index (κ2) is 3.08.